The minimum atomic E-state index is -0.00937. The van der Waals surface area contributed by atoms with Crippen LogP contribution < -0.4 is 20.9 Å². The molecule has 0 unspecified atom stereocenters. The molecule has 144 valence electrons. The lowest BCUT2D eigenvalue weighted by molar-refractivity contribution is 0.284. The fourth-order valence-corrected chi connectivity index (χ4v) is 2.33. The van der Waals surface area contributed by atoms with Crippen molar-refractivity contribution in [1.29, 1.82) is 0 Å². The van der Waals surface area contributed by atoms with Gasteiger partial charge in [-0.15, -0.1) is 5.10 Å². The molecule has 0 saturated carbocycles. The number of nitrogens with zero attached hydrogens (tertiary/aromatic N) is 4. The van der Waals surface area contributed by atoms with Crippen LogP contribution in [0.5, 0.6) is 11.5 Å². The second-order valence-corrected chi connectivity index (χ2v) is 5.99. The molecule has 1 heterocycles. The van der Waals surface area contributed by atoms with E-state index in [1.165, 1.54) is 6.21 Å². The largest absolute Gasteiger partial charge is 0.493 e. The van der Waals surface area contributed by atoms with E-state index in [1.54, 1.807) is 25.3 Å². The molecule has 0 bridgehead atoms. The van der Waals surface area contributed by atoms with E-state index in [0.29, 0.717) is 23.1 Å². The summed E-state index contributed by atoms with van der Waals surface area (Å²) in [6.07, 6.45) is 1.50. The Balaban J connectivity index is 1.68. The molecule has 0 amide bonds. The fraction of sp³-hybridized carbons (Fsp3) is 0.111. The molecular weight excluding hydrogens is 384 g/mol. The highest BCUT2D eigenvalue weighted by Gasteiger charge is 2.10. The molecule has 1 aromatic heterocycles. The average Bonchev–Trinajstić information content (AvgIpc) is 3.14. The van der Waals surface area contributed by atoms with Gasteiger partial charge in [-0.05, 0) is 51.8 Å². The summed E-state index contributed by atoms with van der Waals surface area (Å²) >= 11 is 5.88. The molecule has 0 spiro atoms. The van der Waals surface area contributed by atoms with Gasteiger partial charge in [0.1, 0.15) is 6.61 Å². The van der Waals surface area contributed by atoms with Gasteiger partial charge in [0.05, 0.1) is 13.3 Å². The monoisotopic (exact) mass is 400 g/mol. The Bertz CT molecular complexity index is 1000. The van der Waals surface area contributed by atoms with Crippen molar-refractivity contribution in [3.8, 4) is 11.5 Å². The summed E-state index contributed by atoms with van der Waals surface area (Å²) in [6.45, 7) is 0.384. The van der Waals surface area contributed by atoms with Crippen LogP contribution in [0.4, 0.5) is 5.82 Å². The highest BCUT2D eigenvalue weighted by molar-refractivity contribution is 6.30. The van der Waals surface area contributed by atoms with Gasteiger partial charge in [-0.2, -0.15) is 5.10 Å². The van der Waals surface area contributed by atoms with Gasteiger partial charge >= 0.3 is 0 Å². The number of aromatic nitrogens is 2. The second-order valence-electron chi connectivity index (χ2n) is 5.55. The summed E-state index contributed by atoms with van der Waals surface area (Å²) < 4.78 is 15.7. The first-order chi connectivity index (χ1) is 13.6. The number of rotatable bonds is 7. The van der Waals surface area contributed by atoms with E-state index in [9.17, 15) is 0 Å². The molecule has 9 nitrogen and oxygen atoms in total. The summed E-state index contributed by atoms with van der Waals surface area (Å²) in [4.78, 5) is 0. The Morgan fingerprint density at radius 2 is 1.96 bits per heavy atom. The molecular formula is C18H17ClN6O3. The standard InChI is InChI=1S/C18H17ClN6O3/c1-26-15-8-12(9-22-23-17(20)16-18(21)25-28-24-16)4-7-14(15)27-10-11-2-5-13(19)6-3-11/h2-9H,10H2,1H3,(H2,20,23)(H2,21,25)/b22-9+. The maximum Gasteiger partial charge on any atom is 0.199 e. The molecule has 4 N–H and O–H groups in total. The SMILES string of the molecule is COc1cc(/C=N/N=C(/N)c2nonc2N)ccc1OCc1ccc(Cl)cc1. The number of hydrogen-bond acceptors (Lipinski definition) is 8. The maximum atomic E-state index is 5.88. The molecule has 28 heavy (non-hydrogen) atoms. The number of methoxy groups -OCH3 is 1. The molecule has 0 aliphatic rings. The van der Waals surface area contributed by atoms with E-state index in [0.717, 1.165) is 11.1 Å². The van der Waals surface area contributed by atoms with Crippen molar-refractivity contribution in [3.63, 3.8) is 0 Å². The minimum absolute atomic E-state index is 0.00937. The van der Waals surface area contributed by atoms with Crippen molar-refractivity contribution >= 4 is 29.5 Å². The molecule has 0 aliphatic heterocycles. The van der Waals surface area contributed by atoms with E-state index >= 15 is 0 Å². The number of ether oxygens (including phenoxy) is 2. The van der Waals surface area contributed by atoms with E-state index < -0.39 is 0 Å². The van der Waals surface area contributed by atoms with Crippen LogP contribution in [-0.2, 0) is 6.61 Å². The minimum Gasteiger partial charge on any atom is -0.493 e. The van der Waals surface area contributed by atoms with Crippen molar-refractivity contribution in [3.05, 3.63) is 64.3 Å². The van der Waals surface area contributed by atoms with Crippen LogP contribution in [0.25, 0.3) is 0 Å². The van der Waals surface area contributed by atoms with Crippen LogP contribution in [0, 0.1) is 0 Å². The predicted molar refractivity (Wildman–Crippen MR) is 106 cm³/mol. The Kier molecular flexibility index (Phi) is 6.07. The molecule has 0 atom stereocenters. The smallest absolute Gasteiger partial charge is 0.199 e. The highest BCUT2D eigenvalue weighted by atomic mass is 35.5. The number of anilines is 1. The first kappa shape index (κ1) is 19.2. The van der Waals surface area contributed by atoms with E-state index in [-0.39, 0.29) is 17.3 Å². The van der Waals surface area contributed by atoms with Gasteiger partial charge in [-0.3, -0.25) is 0 Å². The van der Waals surface area contributed by atoms with Gasteiger partial charge in [0.15, 0.2) is 28.8 Å². The average molecular weight is 401 g/mol. The lowest BCUT2D eigenvalue weighted by Crippen LogP contribution is -2.15. The van der Waals surface area contributed by atoms with Gasteiger partial charge in [0.2, 0.25) is 0 Å². The zero-order valence-electron chi connectivity index (χ0n) is 14.9. The summed E-state index contributed by atoms with van der Waals surface area (Å²) in [6, 6.07) is 12.8. The molecule has 3 aromatic rings. The van der Waals surface area contributed by atoms with Crippen LogP contribution in [0.15, 0.2) is 57.3 Å². The maximum absolute atomic E-state index is 5.88. The van der Waals surface area contributed by atoms with Crippen molar-refractivity contribution < 1.29 is 14.1 Å². The number of amidine groups is 1. The summed E-state index contributed by atoms with van der Waals surface area (Å²) in [7, 11) is 1.56. The van der Waals surface area contributed by atoms with Gasteiger partial charge in [0.25, 0.3) is 0 Å². The van der Waals surface area contributed by atoms with Crippen molar-refractivity contribution in [2.45, 2.75) is 6.61 Å². The van der Waals surface area contributed by atoms with Crippen molar-refractivity contribution in [2.24, 2.45) is 15.9 Å². The zero-order chi connectivity index (χ0) is 19.9. The van der Waals surface area contributed by atoms with Crippen molar-refractivity contribution in [1.82, 2.24) is 10.3 Å². The van der Waals surface area contributed by atoms with Crippen LogP contribution >= 0.6 is 11.6 Å². The van der Waals surface area contributed by atoms with Gasteiger partial charge in [-0.1, -0.05) is 23.7 Å². The fourth-order valence-electron chi connectivity index (χ4n) is 2.20. The summed E-state index contributed by atoms with van der Waals surface area (Å²) in [5.74, 6) is 1.18. The van der Waals surface area contributed by atoms with Gasteiger partial charge < -0.3 is 20.9 Å². The molecule has 0 radical (unpaired) electrons. The molecule has 3 rings (SSSR count). The zero-order valence-corrected chi connectivity index (χ0v) is 15.6. The van der Waals surface area contributed by atoms with Gasteiger partial charge in [0, 0.05) is 5.02 Å². The molecule has 0 aliphatic carbocycles. The third kappa shape index (κ3) is 4.77. The van der Waals surface area contributed by atoms with E-state index in [4.69, 9.17) is 32.5 Å². The topological polar surface area (TPSA) is 134 Å². The third-order valence-corrected chi connectivity index (χ3v) is 3.88. The molecule has 0 fully saturated rings. The quantitative estimate of drug-likeness (QED) is 0.353. The van der Waals surface area contributed by atoms with Crippen LogP contribution in [0.2, 0.25) is 5.02 Å². The Labute approximate surface area is 165 Å². The normalized spacial score (nSPS) is 11.7. The first-order valence-corrected chi connectivity index (χ1v) is 8.45. The van der Waals surface area contributed by atoms with Crippen LogP contribution in [0.3, 0.4) is 0 Å². The molecule has 2 aromatic carbocycles. The lowest BCUT2D eigenvalue weighted by atomic mass is 10.2. The van der Waals surface area contributed by atoms with E-state index in [1.807, 2.05) is 24.3 Å². The van der Waals surface area contributed by atoms with Crippen LogP contribution in [-0.4, -0.2) is 29.5 Å². The van der Waals surface area contributed by atoms with E-state index in [2.05, 4.69) is 25.1 Å². The van der Waals surface area contributed by atoms with Crippen molar-refractivity contribution in [2.75, 3.05) is 12.8 Å². The predicted octanol–water partition coefficient (Wildman–Crippen LogP) is 2.63. The number of nitrogens with two attached hydrogens (primary N) is 2. The number of benzene rings is 2. The number of hydrogen-bond donors (Lipinski definition) is 2. The highest BCUT2D eigenvalue weighted by Crippen LogP contribution is 2.28. The number of halogens is 1. The Hall–Kier alpha value is -3.59. The van der Waals surface area contributed by atoms with Crippen LogP contribution in [0.1, 0.15) is 16.8 Å². The molecule has 0 saturated heterocycles. The summed E-state index contributed by atoms with van der Waals surface area (Å²) in [5.41, 5.74) is 13.1. The second kappa shape index (κ2) is 8.87. The third-order valence-electron chi connectivity index (χ3n) is 3.62. The summed E-state index contributed by atoms with van der Waals surface area (Å²) in [5, 5.41) is 15.4. The number of nitrogen functional groups attached to an aromatic ring is 1. The lowest BCUT2D eigenvalue weighted by Gasteiger charge is -2.11. The Morgan fingerprint density at radius 1 is 1.18 bits per heavy atom. The van der Waals surface area contributed by atoms with Gasteiger partial charge in [-0.25, -0.2) is 4.63 Å². The Morgan fingerprint density at radius 3 is 2.64 bits per heavy atom. The first-order valence-electron chi connectivity index (χ1n) is 8.07. The molecule has 10 heteroatoms.